The molecule has 0 spiro atoms. The Balaban J connectivity index is 0.899. The van der Waals surface area contributed by atoms with Crippen LogP contribution in [0.4, 0.5) is 0 Å². The maximum atomic E-state index is 7.00. The number of hydrogen-bond acceptors (Lipinski definition) is 6. The summed E-state index contributed by atoms with van der Waals surface area (Å²) in [5, 5.41) is 2.11. The molecule has 1 aliphatic carbocycles. The van der Waals surface area contributed by atoms with Crippen molar-refractivity contribution in [3.63, 3.8) is 0 Å². The minimum Gasteiger partial charge on any atom is -0.455 e. The predicted octanol–water partition coefficient (Wildman–Crippen LogP) is 16.2. The molecule has 8 aromatic carbocycles. The molecular weight excluding hydrogens is 855 g/mol. The molecule has 0 atom stereocenters. The van der Waals surface area contributed by atoms with Crippen LogP contribution in [0.2, 0.25) is 0 Å². The molecule has 4 aromatic heterocycles. The van der Waals surface area contributed by atoms with Crippen LogP contribution in [0.15, 0.2) is 229 Å². The first kappa shape index (κ1) is 41.1. The van der Waals surface area contributed by atoms with Crippen molar-refractivity contribution in [3.05, 3.63) is 236 Å². The monoisotopic (exact) mass is 897 g/mol. The molecule has 12 aromatic rings. The van der Waals surface area contributed by atoms with Gasteiger partial charge in [-0.3, -0.25) is 9.97 Å². The SMILES string of the molecule is CC1(C)c2ccccc2-c2ccc(-c3nc(-c4ccc(-c5ccccc5)cc4)nc(-c4ccc(-c5cccc6c5oc5c(-c7cc(-c8cccnc8)cc(-c8cccnc8)c7)cccc56)cc4)n3)cc21. The van der Waals surface area contributed by atoms with Gasteiger partial charge in [0.25, 0.3) is 0 Å². The highest BCUT2D eigenvalue weighted by atomic mass is 16.3. The van der Waals surface area contributed by atoms with Gasteiger partial charge in [0.05, 0.1) is 0 Å². The molecule has 6 nitrogen and oxygen atoms in total. The number of pyridine rings is 2. The predicted molar refractivity (Wildman–Crippen MR) is 284 cm³/mol. The first-order chi connectivity index (χ1) is 34.4. The molecule has 6 heteroatoms. The molecule has 1 aliphatic rings. The lowest BCUT2D eigenvalue weighted by Gasteiger charge is -2.21. The lowest BCUT2D eigenvalue weighted by atomic mass is 9.82. The van der Waals surface area contributed by atoms with E-state index in [4.69, 9.17) is 19.4 Å². The van der Waals surface area contributed by atoms with Crippen molar-refractivity contribution in [1.29, 1.82) is 0 Å². The average molecular weight is 898 g/mol. The molecule has 0 radical (unpaired) electrons. The summed E-state index contributed by atoms with van der Waals surface area (Å²) < 4.78 is 7.00. The average Bonchev–Trinajstić information content (AvgIpc) is 3.93. The van der Waals surface area contributed by atoms with Crippen LogP contribution in [0.3, 0.4) is 0 Å². The molecule has 0 fully saturated rings. The van der Waals surface area contributed by atoms with Crippen molar-refractivity contribution in [2.75, 3.05) is 0 Å². The number of aromatic nitrogens is 5. The summed E-state index contributed by atoms with van der Waals surface area (Å²) in [5.74, 6) is 1.85. The molecule has 0 bridgehead atoms. The van der Waals surface area contributed by atoms with Crippen LogP contribution >= 0.6 is 0 Å². The summed E-state index contributed by atoms with van der Waals surface area (Å²) in [7, 11) is 0. The zero-order chi connectivity index (χ0) is 46.8. The lowest BCUT2D eigenvalue weighted by molar-refractivity contribution is 0.660. The number of hydrogen-bond donors (Lipinski definition) is 0. The van der Waals surface area contributed by atoms with E-state index in [2.05, 4.69) is 206 Å². The fourth-order valence-corrected chi connectivity index (χ4v) is 10.3. The second-order valence-electron chi connectivity index (χ2n) is 18.5. The van der Waals surface area contributed by atoms with Crippen molar-refractivity contribution in [2.24, 2.45) is 0 Å². The Morgan fingerprint density at radius 2 is 0.771 bits per heavy atom. The van der Waals surface area contributed by atoms with Gasteiger partial charge in [-0.15, -0.1) is 0 Å². The second kappa shape index (κ2) is 16.6. The van der Waals surface area contributed by atoms with Gasteiger partial charge in [0, 0.05) is 79.9 Å². The maximum absolute atomic E-state index is 7.00. The van der Waals surface area contributed by atoms with E-state index in [0.717, 1.165) is 94.3 Å². The Kier molecular flexibility index (Phi) is 9.73. The van der Waals surface area contributed by atoms with E-state index in [0.29, 0.717) is 17.5 Å². The summed E-state index contributed by atoms with van der Waals surface area (Å²) in [4.78, 5) is 24.4. The highest BCUT2D eigenvalue weighted by Crippen LogP contribution is 2.49. The molecule has 0 saturated carbocycles. The minimum absolute atomic E-state index is 0.164. The van der Waals surface area contributed by atoms with E-state index >= 15 is 0 Å². The van der Waals surface area contributed by atoms with E-state index in [9.17, 15) is 0 Å². The van der Waals surface area contributed by atoms with Crippen LogP contribution in [0, 0.1) is 0 Å². The van der Waals surface area contributed by atoms with Crippen LogP contribution in [0.1, 0.15) is 25.0 Å². The number of para-hydroxylation sites is 2. The van der Waals surface area contributed by atoms with Gasteiger partial charge >= 0.3 is 0 Å². The number of nitrogens with zero attached hydrogens (tertiary/aromatic N) is 5. The summed E-state index contributed by atoms with van der Waals surface area (Å²) in [6.45, 7) is 4.60. The topological polar surface area (TPSA) is 77.6 Å². The first-order valence-corrected chi connectivity index (χ1v) is 23.6. The fraction of sp³-hybridized carbons (Fsp3) is 0.0469. The van der Waals surface area contributed by atoms with Crippen molar-refractivity contribution in [1.82, 2.24) is 24.9 Å². The van der Waals surface area contributed by atoms with Gasteiger partial charge in [-0.1, -0.05) is 178 Å². The first-order valence-electron chi connectivity index (χ1n) is 23.6. The summed E-state index contributed by atoms with van der Waals surface area (Å²) >= 11 is 0. The maximum Gasteiger partial charge on any atom is 0.164 e. The normalized spacial score (nSPS) is 12.5. The Morgan fingerprint density at radius 1 is 0.314 bits per heavy atom. The van der Waals surface area contributed by atoms with E-state index < -0.39 is 0 Å². The van der Waals surface area contributed by atoms with Gasteiger partial charge in [0.15, 0.2) is 17.5 Å². The van der Waals surface area contributed by atoms with Crippen LogP contribution in [-0.2, 0) is 5.41 Å². The van der Waals surface area contributed by atoms with Crippen molar-refractivity contribution in [2.45, 2.75) is 19.3 Å². The number of rotatable bonds is 8. The number of furan rings is 1. The van der Waals surface area contributed by atoms with Crippen molar-refractivity contribution in [3.8, 4) is 101 Å². The molecule has 0 aliphatic heterocycles. The summed E-state index contributed by atoms with van der Waals surface area (Å²) in [6.07, 6.45) is 7.42. The van der Waals surface area contributed by atoms with Gasteiger partial charge < -0.3 is 4.42 Å². The molecule has 13 rings (SSSR count). The quantitative estimate of drug-likeness (QED) is 0.151. The Labute approximate surface area is 405 Å². The summed E-state index contributed by atoms with van der Waals surface area (Å²) in [5.41, 5.74) is 20.0. The van der Waals surface area contributed by atoms with Gasteiger partial charge in [-0.25, -0.2) is 15.0 Å². The number of fused-ring (bicyclic) bond motifs is 6. The molecular formula is C64H43N5O. The van der Waals surface area contributed by atoms with Crippen LogP contribution in [0.25, 0.3) is 123 Å². The molecule has 0 saturated heterocycles. The van der Waals surface area contributed by atoms with E-state index in [1.54, 1.807) is 12.4 Å². The Morgan fingerprint density at radius 3 is 1.37 bits per heavy atom. The molecule has 0 amide bonds. The van der Waals surface area contributed by atoms with Crippen molar-refractivity contribution >= 4 is 21.9 Å². The van der Waals surface area contributed by atoms with Crippen LogP contribution in [0.5, 0.6) is 0 Å². The van der Waals surface area contributed by atoms with Gasteiger partial charge in [0.1, 0.15) is 11.2 Å². The van der Waals surface area contributed by atoms with E-state index in [-0.39, 0.29) is 5.41 Å². The number of benzene rings is 8. The molecule has 4 heterocycles. The zero-order valence-electron chi connectivity index (χ0n) is 38.5. The highest BCUT2D eigenvalue weighted by molar-refractivity contribution is 6.13. The Hall–Kier alpha value is -9.13. The highest BCUT2D eigenvalue weighted by Gasteiger charge is 2.35. The standard InChI is InChI=1S/C64H43N5O/c1-64(2)57-21-7-6-16-53(57)54-31-30-45(37-58(54)64)63-68-61(43-26-22-41(23-27-43)40-12-4-3-5-13-40)67-62(69-63)44-28-24-42(25-29-44)51-17-8-19-55-56-20-9-18-52(60(56)70-59(51)55)50-35-48(46-14-10-32-65-38-46)34-49(36-50)47-15-11-33-66-39-47/h3-39H,1-2H3. The minimum atomic E-state index is -0.164. The summed E-state index contributed by atoms with van der Waals surface area (Å²) in [6, 6.07) is 70.3. The molecule has 0 unspecified atom stereocenters. The van der Waals surface area contributed by atoms with E-state index in [1.165, 1.54) is 22.3 Å². The van der Waals surface area contributed by atoms with Crippen molar-refractivity contribution < 1.29 is 4.42 Å². The molecule has 330 valence electrons. The third kappa shape index (κ3) is 7.08. The third-order valence-electron chi connectivity index (χ3n) is 13.9. The fourth-order valence-electron chi connectivity index (χ4n) is 10.3. The molecule has 0 N–H and O–H groups in total. The van der Waals surface area contributed by atoms with Crippen LogP contribution < -0.4 is 0 Å². The zero-order valence-corrected chi connectivity index (χ0v) is 38.5. The van der Waals surface area contributed by atoms with E-state index in [1.807, 2.05) is 30.6 Å². The van der Waals surface area contributed by atoms with Gasteiger partial charge in [-0.2, -0.15) is 0 Å². The largest absolute Gasteiger partial charge is 0.455 e. The van der Waals surface area contributed by atoms with Crippen LogP contribution in [-0.4, -0.2) is 24.9 Å². The second-order valence-corrected chi connectivity index (χ2v) is 18.5. The third-order valence-corrected chi connectivity index (χ3v) is 13.9. The van der Waals surface area contributed by atoms with Gasteiger partial charge in [0.2, 0.25) is 0 Å². The Bertz CT molecular complexity index is 3880. The molecule has 70 heavy (non-hydrogen) atoms. The smallest absolute Gasteiger partial charge is 0.164 e. The van der Waals surface area contributed by atoms with Gasteiger partial charge in [-0.05, 0) is 92.0 Å². The lowest BCUT2D eigenvalue weighted by Crippen LogP contribution is -2.15.